The maximum absolute atomic E-state index is 12.0. The monoisotopic (exact) mass is 311 g/mol. The average Bonchev–Trinajstić information content (AvgIpc) is 2.97. The second-order valence-corrected chi connectivity index (χ2v) is 7.28. The van der Waals surface area contributed by atoms with Crippen molar-refractivity contribution in [3.8, 4) is 11.7 Å². The number of hydrogen-bond donors (Lipinski definition) is 1. The average molecular weight is 311 g/mol. The van der Waals surface area contributed by atoms with Crippen LogP contribution in [0.15, 0.2) is 26.1 Å². The predicted molar refractivity (Wildman–Crippen MR) is 74.0 cm³/mol. The molecule has 0 saturated heterocycles. The Balaban J connectivity index is 1.78. The van der Waals surface area contributed by atoms with Crippen molar-refractivity contribution in [3.05, 3.63) is 18.0 Å². The molecule has 2 aromatic rings. The molecule has 0 bridgehead atoms. The molecule has 2 aromatic heterocycles. The van der Waals surface area contributed by atoms with Crippen molar-refractivity contribution < 1.29 is 17.3 Å². The lowest BCUT2D eigenvalue weighted by Crippen LogP contribution is -2.27. The Kier molecular flexibility index (Phi) is 3.58. The van der Waals surface area contributed by atoms with Crippen LogP contribution in [0.3, 0.4) is 0 Å². The van der Waals surface area contributed by atoms with E-state index in [-0.39, 0.29) is 22.7 Å². The second-order valence-electron chi connectivity index (χ2n) is 5.58. The Labute approximate surface area is 122 Å². The van der Waals surface area contributed by atoms with E-state index in [2.05, 4.69) is 14.9 Å². The Bertz CT molecular complexity index is 728. The number of furan rings is 1. The molecule has 21 heavy (non-hydrogen) atoms. The van der Waals surface area contributed by atoms with Gasteiger partial charge in [0, 0.05) is 12.5 Å². The Morgan fingerprint density at radius 3 is 2.71 bits per heavy atom. The van der Waals surface area contributed by atoms with Gasteiger partial charge in [-0.3, -0.25) is 0 Å². The van der Waals surface area contributed by atoms with Crippen LogP contribution in [0.2, 0.25) is 0 Å². The van der Waals surface area contributed by atoms with Crippen molar-refractivity contribution in [2.24, 2.45) is 5.92 Å². The maximum Gasteiger partial charge on any atom is 0.283 e. The lowest BCUT2D eigenvalue weighted by atomic mass is 10.2. The van der Waals surface area contributed by atoms with Crippen LogP contribution in [0.1, 0.15) is 38.5 Å². The summed E-state index contributed by atoms with van der Waals surface area (Å²) in [7, 11) is -3.65. The number of nitrogens with one attached hydrogen (secondary N) is 1. The van der Waals surface area contributed by atoms with E-state index in [0.29, 0.717) is 18.4 Å². The van der Waals surface area contributed by atoms with Crippen molar-refractivity contribution in [2.45, 2.75) is 37.7 Å². The zero-order valence-electron chi connectivity index (χ0n) is 11.9. The fraction of sp³-hybridized carbons (Fsp3) is 0.538. The summed E-state index contributed by atoms with van der Waals surface area (Å²) in [6.07, 6.45) is 2.11. The molecule has 3 rings (SSSR count). The van der Waals surface area contributed by atoms with Crippen LogP contribution >= 0.6 is 0 Å². The molecule has 0 spiro atoms. The highest BCUT2D eigenvalue weighted by molar-refractivity contribution is 7.89. The van der Waals surface area contributed by atoms with Crippen molar-refractivity contribution in [1.82, 2.24) is 14.9 Å². The third kappa shape index (κ3) is 3.16. The molecule has 0 unspecified atom stereocenters. The van der Waals surface area contributed by atoms with Gasteiger partial charge in [-0.15, -0.1) is 10.2 Å². The SMILES string of the molecule is CC(C)CNS(=O)(=O)c1ccc(-c2nnc(C3CC3)o2)o1. The molecule has 1 N–H and O–H groups in total. The maximum atomic E-state index is 12.0. The third-order valence-corrected chi connectivity index (χ3v) is 4.40. The molecule has 0 atom stereocenters. The number of aromatic nitrogens is 2. The van der Waals surface area contributed by atoms with Gasteiger partial charge in [-0.25, -0.2) is 13.1 Å². The fourth-order valence-electron chi connectivity index (χ4n) is 1.76. The van der Waals surface area contributed by atoms with Crippen LogP contribution in [-0.4, -0.2) is 25.2 Å². The first-order valence-corrected chi connectivity index (χ1v) is 8.37. The summed E-state index contributed by atoms with van der Waals surface area (Å²) in [4.78, 5) is 0. The van der Waals surface area contributed by atoms with E-state index in [4.69, 9.17) is 8.83 Å². The zero-order valence-corrected chi connectivity index (χ0v) is 12.7. The topological polar surface area (TPSA) is 98.2 Å². The van der Waals surface area contributed by atoms with Crippen molar-refractivity contribution >= 4 is 10.0 Å². The van der Waals surface area contributed by atoms with Crippen LogP contribution in [-0.2, 0) is 10.0 Å². The first kappa shape index (κ1) is 14.3. The summed E-state index contributed by atoms with van der Waals surface area (Å²) in [5, 5.41) is 7.69. The highest BCUT2D eigenvalue weighted by Gasteiger charge is 2.30. The molecule has 1 aliphatic rings. The zero-order chi connectivity index (χ0) is 15.0. The molecule has 2 heterocycles. The second kappa shape index (κ2) is 5.27. The summed E-state index contributed by atoms with van der Waals surface area (Å²) in [5.41, 5.74) is 0. The first-order chi connectivity index (χ1) is 9.95. The van der Waals surface area contributed by atoms with Crippen LogP contribution < -0.4 is 4.72 Å². The lowest BCUT2D eigenvalue weighted by molar-refractivity contribution is 0.430. The molecule has 1 fully saturated rings. The smallest absolute Gasteiger partial charge is 0.283 e. The summed E-state index contributed by atoms with van der Waals surface area (Å²) in [6.45, 7) is 4.20. The minimum atomic E-state index is -3.65. The number of sulfonamides is 1. The molecule has 114 valence electrons. The molecule has 1 aliphatic carbocycles. The highest BCUT2D eigenvalue weighted by atomic mass is 32.2. The van der Waals surface area contributed by atoms with Crippen molar-refractivity contribution in [1.29, 1.82) is 0 Å². The molecule has 8 heteroatoms. The standard InChI is InChI=1S/C13H17N3O4S/c1-8(2)7-14-21(17,18)11-6-5-10(19-11)13-16-15-12(20-13)9-3-4-9/h5-6,8-9,14H,3-4,7H2,1-2H3. The van der Waals surface area contributed by atoms with E-state index in [0.717, 1.165) is 12.8 Å². The molecule has 0 aromatic carbocycles. The summed E-state index contributed by atoms with van der Waals surface area (Å²) in [6, 6.07) is 2.91. The largest absolute Gasteiger partial charge is 0.438 e. The number of hydrogen-bond acceptors (Lipinski definition) is 6. The quantitative estimate of drug-likeness (QED) is 0.877. The van der Waals surface area contributed by atoms with Gasteiger partial charge in [-0.05, 0) is 30.9 Å². The van der Waals surface area contributed by atoms with E-state index in [1.54, 1.807) is 0 Å². The van der Waals surface area contributed by atoms with Gasteiger partial charge in [0.05, 0.1) is 0 Å². The summed E-state index contributed by atoms with van der Waals surface area (Å²) < 4.78 is 37.4. The third-order valence-electron chi connectivity index (χ3n) is 3.11. The summed E-state index contributed by atoms with van der Waals surface area (Å²) in [5.74, 6) is 1.62. The molecule has 7 nitrogen and oxygen atoms in total. The summed E-state index contributed by atoms with van der Waals surface area (Å²) >= 11 is 0. The molecule has 0 aliphatic heterocycles. The molecule has 0 radical (unpaired) electrons. The fourth-order valence-corrected chi connectivity index (χ4v) is 2.90. The first-order valence-electron chi connectivity index (χ1n) is 6.89. The number of rotatable bonds is 6. The molecular weight excluding hydrogens is 294 g/mol. The van der Waals surface area contributed by atoms with Gasteiger partial charge < -0.3 is 8.83 Å². The minimum absolute atomic E-state index is 0.149. The van der Waals surface area contributed by atoms with E-state index in [9.17, 15) is 8.42 Å². The van der Waals surface area contributed by atoms with Gasteiger partial charge in [0.15, 0.2) is 5.76 Å². The Morgan fingerprint density at radius 1 is 1.29 bits per heavy atom. The van der Waals surface area contributed by atoms with Crippen LogP contribution in [0, 0.1) is 5.92 Å². The predicted octanol–water partition coefficient (Wildman–Crippen LogP) is 2.14. The van der Waals surface area contributed by atoms with Crippen LogP contribution in [0.25, 0.3) is 11.7 Å². The van der Waals surface area contributed by atoms with Crippen LogP contribution in [0.4, 0.5) is 0 Å². The van der Waals surface area contributed by atoms with E-state index < -0.39 is 10.0 Å². The van der Waals surface area contributed by atoms with Gasteiger partial charge >= 0.3 is 0 Å². The normalized spacial score (nSPS) is 15.8. The Hall–Kier alpha value is -1.67. The molecular formula is C13H17N3O4S. The van der Waals surface area contributed by atoms with Crippen molar-refractivity contribution in [2.75, 3.05) is 6.54 Å². The van der Waals surface area contributed by atoms with Gasteiger partial charge in [0.1, 0.15) is 0 Å². The van der Waals surface area contributed by atoms with E-state index in [1.165, 1.54) is 12.1 Å². The van der Waals surface area contributed by atoms with Gasteiger partial charge in [0.2, 0.25) is 11.0 Å². The van der Waals surface area contributed by atoms with Gasteiger partial charge in [-0.1, -0.05) is 13.8 Å². The van der Waals surface area contributed by atoms with Crippen LogP contribution in [0.5, 0.6) is 0 Å². The Morgan fingerprint density at radius 2 is 2.05 bits per heavy atom. The van der Waals surface area contributed by atoms with Crippen molar-refractivity contribution in [3.63, 3.8) is 0 Å². The van der Waals surface area contributed by atoms with E-state index in [1.807, 2.05) is 13.8 Å². The molecule has 1 saturated carbocycles. The lowest BCUT2D eigenvalue weighted by Gasteiger charge is -2.05. The van der Waals surface area contributed by atoms with Gasteiger partial charge in [0.25, 0.3) is 15.9 Å². The highest BCUT2D eigenvalue weighted by Crippen LogP contribution is 2.40. The molecule has 0 amide bonds. The van der Waals surface area contributed by atoms with Gasteiger partial charge in [-0.2, -0.15) is 0 Å². The number of nitrogens with zero attached hydrogens (tertiary/aromatic N) is 2. The van der Waals surface area contributed by atoms with E-state index >= 15 is 0 Å². The minimum Gasteiger partial charge on any atom is -0.438 e.